The fourth-order valence-corrected chi connectivity index (χ4v) is 2.32. The van der Waals surface area contributed by atoms with Crippen LogP contribution in [-0.2, 0) is 4.74 Å². The summed E-state index contributed by atoms with van der Waals surface area (Å²) in [5.74, 6) is -0.396. The number of rotatable bonds is 3. The molecule has 4 heteroatoms. The van der Waals surface area contributed by atoms with Gasteiger partial charge in [0.1, 0.15) is 0 Å². The number of hydrogen-bond donors (Lipinski definition) is 2. The SMILES string of the molecule is COC(=O)c1cc(NC2CC=CCC2)cc(C)c1N. The molecule has 0 amide bonds. The summed E-state index contributed by atoms with van der Waals surface area (Å²) >= 11 is 0. The highest BCUT2D eigenvalue weighted by molar-refractivity contribution is 5.97. The first-order valence-corrected chi connectivity index (χ1v) is 6.51. The Morgan fingerprint density at radius 1 is 1.42 bits per heavy atom. The Balaban J connectivity index is 2.23. The van der Waals surface area contributed by atoms with Crippen LogP contribution in [-0.4, -0.2) is 19.1 Å². The van der Waals surface area contributed by atoms with Gasteiger partial charge in [-0.2, -0.15) is 0 Å². The third-order valence-corrected chi connectivity index (χ3v) is 3.43. The molecule has 2 rings (SSSR count). The van der Waals surface area contributed by atoms with Crippen LogP contribution in [0.1, 0.15) is 35.2 Å². The van der Waals surface area contributed by atoms with Crippen molar-refractivity contribution in [3.05, 3.63) is 35.4 Å². The summed E-state index contributed by atoms with van der Waals surface area (Å²) in [5, 5.41) is 3.45. The lowest BCUT2D eigenvalue weighted by Crippen LogP contribution is -2.20. The van der Waals surface area contributed by atoms with Gasteiger partial charge in [-0.25, -0.2) is 4.79 Å². The number of nitrogen functional groups attached to an aromatic ring is 1. The van der Waals surface area contributed by atoms with E-state index in [-0.39, 0.29) is 0 Å². The molecule has 0 saturated heterocycles. The van der Waals surface area contributed by atoms with E-state index in [9.17, 15) is 4.79 Å². The Morgan fingerprint density at radius 2 is 2.21 bits per heavy atom. The Morgan fingerprint density at radius 3 is 2.84 bits per heavy atom. The summed E-state index contributed by atoms with van der Waals surface area (Å²) in [4.78, 5) is 11.7. The molecule has 0 spiro atoms. The first-order valence-electron chi connectivity index (χ1n) is 6.51. The number of allylic oxidation sites excluding steroid dienone is 1. The molecule has 0 radical (unpaired) electrons. The molecule has 102 valence electrons. The zero-order chi connectivity index (χ0) is 13.8. The number of carbonyl (C=O) groups excluding carboxylic acids is 1. The summed E-state index contributed by atoms with van der Waals surface area (Å²) in [6, 6.07) is 4.16. The molecule has 0 saturated carbocycles. The largest absolute Gasteiger partial charge is 0.465 e. The van der Waals surface area contributed by atoms with E-state index >= 15 is 0 Å². The molecule has 0 aliphatic heterocycles. The number of ether oxygens (including phenoxy) is 1. The summed E-state index contributed by atoms with van der Waals surface area (Å²) in [5.41, 5.74) is 8.64. The Kier molecular flexibility index (Phi) is 4.10. The third kappa shape index (κ3) is 3.08. The summed E-state index contributed by atoms with van der Waals surface area (Å²) in [7, 11) is 1.36. The van der Waals surface area contributed by atoms with Crippen LogP contribution in [0.4, 0.5) is 11.4 Å². The zero-order valence-electron chi connectivity index (χ0n) is 11.4. The lowest BCUT2D eigenvalue weighted by Gasteiger charge is -2.21. The number of esters is 1. The van der Waals surface area contributed by atoms with Crippen LogP contribution in [0.25, 0.3) is 0 Å². The highest BCUT2D eigenvalue weighted by Gasteiger charge is 2.15. The maximum absolute atomic E-state index is 11.7. The fraction of sp³-hybridized carbons (Fsp3) is 0.400. The predicted octanol–water partition coefficient (Wildman–Crippen LogP) is 2.88. The van der Waals surface area contributed by atoms with Gasteiger partial charge < -0.3 is 15.8 Å². The predicted molar refractivity (Wildman–Crippen MR) is 77.3 cm³/mol. The second-order valence-electron chi connectivity index (χ2n) is 4.87. The van der Waals surface area contributed by atoms with Crippen molar-refractivity contribution in [3.8, 4) is 0 Å². The molecule has 0 heterocycles. The topological polar surface area (TPSA) is 64.3 Å². The van der Waals surface area contributed by atoms with Gasteiger partial charge in [-0.15, -0.1) is 0 Å². The van der Waals surface area contributed by atoms with Crippen LogP contribution in [0.5, 0.6) is 0 Å². The molecule has 0 fully saturated rings. The number of nitrogens with two attached hydrogens (primary N) is 1. The molecule has 0 bridgehead atoms. The second-order valence-corrected chi connectivity index (χ2v) is 4.87. The molecular weight excluding hydrogens is 240 g/mol. The molecule has 1 aliphatic rings. The van der Waals surface area contributed by atoms with Gasteiger partial charge in [-0.05, 0) is 43.9 Å². The van der Waals surface area contributed by atoms with Crippen molar-refractivity contribution in [1.82, 2.24) is 0 Å². The zero-order valence-corrected chi connectivity index (χ0v) is 11.4. The molecule has 1 atom stereocenters. The van der Waals surface area contributed by atoms with E-state index in [4.69, 9.17) is 10.5 Å². The van der Waals surface area contributed by atoms with Gasteiger partial charge in [0.15, 0.2) is 0 Å². The average molecular weight is 260 g/mol. The molecule has 1 unspecified atom stereocenters. The molecule has 1 aromatic carbocycles. The normalized spacial score (nSPS) is 18.1. The van der Waals surface area contributed by atoms with Crippen molar-refractivity contribution in [2.24, 2.45) is 0 Å². The molecule has 1 aliphatic carbocycles. The standard InChI is InChI=1S/C15H20N2O2/c1-10-8-12(17-11-6-4-3-5-7-11)9-13(14(10)16)15(18)19-2/h3-4,8-9,11,17H,5-7,16H2,1-2H3. The molecule has 3 N–H and O–H groups in total. The van der Waals surface area contributed by atoms with Gasteiger partial charge in [0.25, 0.3) is 0 Å². The van der Waals surface area contributed by atoms with Crippen LogP contribution in [0.3, 0.4) is 0 Å². The number of benzene rings is 1. The first kappa shape index (κ1) is 13.5. The van der Waals surface area contributed by atoms with E-state index in [2.05, 4.69) is 17.5 Å². The van der Waals surface area contributed by atoms with Crippen molar-refractivity contribution in [3.63, 3.8) is 0 Å². The number of aryl methyl sites for hydroxylation is 1. The van der Waals surface area contributed by atoms with Crippen molar-refractivity contribution in [1.29, 1.82) is 0 Å². The number of carbonyl (C=O) groups is 1. The number of methoxy groups -OCH3 is 1. The summed E-state index contributed by atoms with van der Waals surface area (Å²) in [6.45, 7) is 1.90. The molecule has 0 aromatic heterocycles. The van der Waals surface area contributed by atoms with Crippen LogP contribution in [0.2, 0.25) is 0 Å². The lowest BCUT2D eigenvalue weighted by molar-refractivity contribution is 0.0602. The van der Waals surface area contributed by atoms with Crippen molar-refractivity contribution < 1.29 is 9.53 Å². The smallest absolute Gasteiger partial charge is 0.340 e. The minimum atomic E-state index is -0.396. The molecule has 4 nitrogen and oxygen atoms in total. The van der Waals surface area contributed by atoms with Gasteiger partial charge in [0, 0.05) is 17.4 Å². The van der Waals surface area contributed by atoms with Gasteiger partial charge in [-0.1, -0.05) is 12.2 Å². The quantitative estimate of drug-likeness (QED) is 0.498. The van der Waals surface area contributed by atoms with Gasteiger partial charge in [0.05, 0.1) is 12.7 Å². The minimum Gasteiger partial charge on any atom is -0.465 e. The highest BCUT2D eigenvalue weighted by Crippen LogP contribution is 2.25. The van der Waals surface area contributed by atoms with E-state index in [1.165, 1.54) is 7.11 Å². The Hall–Kier alpha value is -1.97. The number of nitrogens with one attached hydrogen (secondary N) is 1. The van der Waals surface area contributed by atoms with Crippen molar-refractivity contribution >= 4 is 17.3 Å². The van der Waals surface area contributed by atoms with Crippen molar-refractivity contribution in [2.75, 3.05) is 18.2 Å². The van der Waals surface area contributed by atoms with Gasteiger partial charge in [0.2, 0.25) is 0 Å². The number of anilines is 2. The maximum Gasteiger partial charge on any atom is 0.340 e. The monoisotopic (exact) mass is 260 g/mol. The van der Waals surface area contributed by atoms with Gasteiger partial charge >= 0.3 is 5.97 Å². The summed E-state index contributed by atoms with van der Waals surface area (Å²) < 4.78 is 4.76. The van der Waals surface area contributed by atoms with Crippen LogP contribution < -0.4 is 11.1 Å². The molecule has 19 heavy (non-hydrogen) atoms. The fourth-order valence-electron chi connectivity index (χ4n) is 2.32. The van der Waals surface area contributed by atoms with Crippen LogP contribution in [0, 0.1) is 6.92 Å². The Labute approximate surface area is 113 Å². The maximum atomic E-state index is 11.7. The van der Waals surface area contributed by atoms with Crippen molar-refractivity contribution in [2.45, 2.75) is 32.2 Å². The first-order chi connectivity index (χ1) is 9.11. The van der Waals surface area contributed by atoms with Crippen LogP contribution in [0.15, 0.2) is 24.3 Å². The Bertz CT molecular complexity index is 509. The van der Waals surface area contributed by atoms with E-state index in [1.807, 2.05) is 13.0 Å². The lowest BCUT2D eigenvalue weighted by atomic mass is 10.0. The van der Waals surface area contributed by atoms with Crippen LogP contribution >= 0.6 is 0 Å². The molecular formula is C15H20N2O2. The van der Waals surface area contributed by atoms with E-state index < -0.39 is 5.97 Å². The third-order valence-electron chi connectivity index (χ3n) is 3.43. The average Bonchev–Trinajstić information content (AvgIpc) is 2.43. The second kappa shape index (κ2) is 5.78. The van der Waals surface area contributed by atoms with E-state index in [0.29, 0.717) is 17.3 Å². The minimum absolute atomic E-state index is 0.396. The van der Waals surface area contributed by atoms with Gasteiger partial charge in [-0.3, -0.25) is 0 Å². The number of hydrogen-bond acceptors (Lipinski definition) is 4. The van der Waals surface area contributed by atoms with E-state index in [1.54, 1.807) is 6.07 Å². The highest BCUT2D eigenvalue weighted by atomic mass is 16.5. The summed E-state index contributed by atoms with van der Waals surface area (Å²) in [6.07, 6.45) is 7.60. The van der Waals surface area contributed by atoms with E-state index in [0.717, 1.165) is 30.5 Å². The molecule has 1 aromatic rings.